The molecule has 1 fully saturated rings. The van der Waals surface area contributed by atoms with Gasteiger partial charge < -0.3 is 31.7 Å². The van der Waals surface area contributed by atoms with Crippen LogP contribution >= 0.6 is 0 Å². The van der Waals surface area contributed by atoms with Crippen molar-refractivity contribution in [1.82, 2.24) is 16.0 Å². The van der Waals surface area contributed by atoms with E-state index < -0.39 is 25.0 Å². The number of rotatable bonds is 15. The van der Waals surface area contributed by atoms with Gasteiger partial charge in [-0.25, -0.2) is 0 Å². The van der Waals surface area contributed by atoms with Crippen LogP contribution in [0.5, 0.6) is 0 Å². The summed E-state index contributed by atoms with van der Waals surface area (Å²) in [5.74, 6) is -0.138. The number of hydrogen-bond donors (Lipinski definition) is 6. The minimum Gasteiger partial charge on any atom is -0.426 e. The molecule has 2 atom stereocenters. The molecule has 1 saturated carbocycles. The molecule has 0 radical (unpaired) electrons. The minimum absolute atomic E-state index is 0.0754. The summed E-state index contributed by atoms with van der Waals surface area (Å²) in [6, 6.07) is -0.746. The van der Waals surface area contributed by atoms with E-state index in [4.69, 9.17) is 5.73 Å². The molecule has 2 amide bonds. The second kappa shape index (κ2) is 16.8. The lowest BCUT2D eigenvalue weighted by atomic mass is 9.75. The van der Waals surface area contributed by atoms with E-state index >= 15 is 0 Å². The van der Waals surface area contributed by atoms with E-state index in [0.29, 0.717) is 37.7 Å². The van der Waals surface area contributed by atoms with Gasteiger partial charge in [-0.3, -0.25) is 14.6 Å². The Balaban J connectivity index is 2.70. The van der Waals surface area contributed by atoms with Gasteiger partial charge in [0.1, 0.15) is 6.04 Å². The zero-order chi connectivity index (χ0) is 25.5. The number of carbonyl (C=O) groups is 2. The van der Waals surface area contributed by atoms with Gasteiger partial charge in [0, 0.05) is 19.5 Å². The number of nitrogens with two attached hydrogens (primary N) is 1. The van der Waals surface area contributed by atoms with E-state index in [2.05, 4.69) is 27.9 Å². The van der Waals surface area contributed by atoms with Crippen LogP contribution in [0.2, 0.25) is 0 Å². The van der Waals surface area contributed by atoms with Crippen LogP contribution in [-0.4, -0.2) is 60.5 Å². The standard InChI is InChI=1S/C24H48BN5O4/c1-5-6-7-9-18-11-13-19(14-12-18)22(31)29-20(10-8-15-28-24(26)27-4)23(32)30-21(25(33)34)16-17(2)3/h17-21,33-34H,5-16H2,1-4H3,(H,29,31)(H,30,32)(H3,26,27,28)/t18?,19?,20-,21-/m0/s1. The summed E-state index contributed by atoms with van der Waals surface area (Å²) in [6.45, 7) is 6.63. The Bertz CT molecular complexity index is 624. The molecule has 0 aromatic carbocycles. The first-order valence-corrected chi connectivity index (χ1v) is 13.1. The van der Waals surface area contributed by atoms with Gasteiger partial charge in [0.15, 0.2) is 5.96 Å². The van der Waals surface area contributed by atoms with E-state index in [1.807, 2.05) is 13.8 Å². The summed E-state index contributed by atoms with van der Waals surface area (Å²) >= 11 is 0. The number of amides is 2. The number of hydrogen-bond acceptors (Lipinski definition) is 5. The molecule has 0 aliphatic heterocycles. The molecule has 0 aromatic rings. The van der Waals surface area contributed by atoms with Gasteiger partial charge in [-0.05, 0) is 56.8 Å². The third-order valence-electron chi connectivity index (χ3n) is 6.70. The van der Waals surface area contributed by atoms with E-state index in [-0.39, 0.29) is 17.7 Å². The van der Waals surface area contributed by atoms with Gasteiger partial charge in [-0.1, -0.05) is 46.5 Å². The van der Waals surface area contributed by atoms with Crippen molar-refractivity contribution in [1.29, 1.82) is 0 Å². The lowest BCUT2D eigenvalue weighted by molar-refractivity contribution is -0.132. The third-order valence-corrected chi connectivity index (χ3v) is 6.70. The number of nitrogens with one attached hydrogen (secondary N) is 3. The van der Waals surface area contributed by atoms with E-state index in [1.165, 1.54) is 25.7 Å². The summed E-state index contributed by atoms with van der Waals surface area (Å²) in [7, 11) is -0.0696. The Morgan fingerprint density at radius 3 is 2.32 bits per heavy atom. The highest BCUT2D eigenvalue weighted by Gasteiger charge is 2.32. The van der Waals surface area contributed by atoms with Gasteiger partial charge in [0.2, 0.25) is 11.8 Å². The Hall–Kier alpha value is -1.81. The zero-order valence-electron chi connectivity index (χ0n) is 21.7. The fraction of sp³-hybridized carbons (Fsp3) is 0.875. The Morgan fingerprint density at radius 1 is 1.09 bits per heavy atom. The smallest absolute Gasteiger partial charge is 0.426 e. The summed E-state index contributed by atoms with van der Waals surface area (Å²) in [5.41, 5.74) is 5.66. The maximum Gasteiger partial charge on any atom is 0.475 e. The molecule has 34 heavy (non-hydrogen) atoms. The van der Waals surface area contributed by atoms with Crippen LogP contribution in [0.3, 0.4) is 0 Å². The Labute approximate surface area is 206 Å². The molecule has 1 aliphatic carbocycles. The molecule has 0 aromatic heterocycles. The molecule has 0 bridgehead atoms. The average molecular weight is 481 g/mol. The number of unbranched alkanes of at least 4 members (excludes halogenated alkanes) is 2. The fourth-order valence-corrected chi connectivity index (χ4v) is 4.60. The lowest BCUT2D eigenvalue weighted by Gasteiger charge is -2.30. The van der Waals surface area contributed by atoms with Gasteiger partial charge in [0.25, 0.3) is 0 Å². The van der Waals surface area contributed by atoms with Crippen molar-refractivity contribution in [3.8, 4) is 0 Å². The number of nitrogens with zero attached hydrogens (tertiary/aromatic N) is 1. The lowest BCUT2D eigenvalue weighted by Crippen LogP contribution is -2.55. The summed E-state index contributed by atoms with van der Waals surface area (Å²) in [4.78, 5) is 29.9. The molecule has 0 saturated heterocycles. The number of guanidine groups is 1. The topological polar surface area (TPSA) is 149 Å². The highest BCUT2D eigenvalue weighted by atomic mass is 16.4. The highest BCUT2D eigenvalue weighted by Crippen LogP contribution is 2.32. The van der Waals surface area contributed by atoms with Crippen LogP contribution in [0.15, 0.2) is 4.99 Å². The molecule has 196 valence electrons. The predicted molar refractivity (Wildman–Crippen MR) is 138 cm³/mol. The fourth-order valence-electron chi connectivity index (χ4n) is 4.60. The Kier molecular flexibility index (Phi) is 14.9. The monoisotopic (exact) mass is 481 g/mol. The highest BCUT2D eigenvalue weighted by molar-refractivity contribution is 6.43. The van der Waals surface area contributed by atoms with Crippen LogP contribution in [0, 0.1) is 17.8 Å². The second-order valence-corrected chi connectivity index (χ2v) is 10.1. The maximum atomic E-state index is 13.0. The van der Waals surface area contributed by atoms with Gasteiger partial charge >= 0.3 is 7.12 Å². The van der Waals surface area contributed by atoms with Crippen molar-refractivity contribution >= 4 is 24.9 Å². The quantitative estimate of drug-likeness (QED) is 0.0908. The molecule has 0 spiro atoms. The number of carbonyl (C=O) groups excluding carboxylic acids is 2. The van der Waals surface area contributed by atoms with Crippen molar-refractivity contribution in [2.45, 2.75) is 103 Å². The van der Waals surface area contributed by atoms with Crippen molar-refractivity contribution in [2.24, 2.45) is 28.5 Å². The molecular formula is C24H48BN5O4. The first kappa shape index (κ1) is 30.2. The summed E-state index contributed by atoms with van der Waals surface area (Å²) in [6.07, 6.45) is 10.2. The van der Waals surface area contributed by atoms with Crippen LogP contribution in [0.1, 0.15) is 91.4 Å². The van der Waals surface area contributed by atoms with Gasteiger partial charge in [-0.2, -0.15) is 0 Å². The Morgan fingerprint density at radius 2 is 1.76 bits per heavy atom. The van der Waals surface area contributed by atoms with Crippen LogP contribution in [-0.2, 0) is 9.59 Å². The van der Waals surface area contributed by atoms with E-state index in [9.17, 15) is 19.6 Å². The molecule has 1 rings (SSSR count). The van der Waals surface area contributed by atoms with Crippen LogP contribution < -0.4 is 21.7 Å². The summed E-state index contributed by atoms with van der Waals surface area (Å²) in [5, 5.41) is 28.0. The molecule has 0 heterocycles. The molecular weight excluding hydrogens is 433 g/mol. The SMILES string of the molecule is CCCCCC1CCC(C(=O)N[C@@H](CCCNC(N)=NC)C(=O)N[C@@H](CC(C)C)B(O)O)CC1. The molecule has 0 unspecified atom stereocenters. The van der Waals surface area contributed by atoms with E-state index in [1.54, 1.807) is 7.05 Å². The van der Waals surface area contributed by atoms with Crippen molar-refractivity contribution in [3.63, 3.8) is 0 Å². The molecule has 10 heteroatoms. The van der Waals surface area contributed by atoms with Crippen molar-refractivity contribution in [3.05, 3.63) is 0 Å². The predicted octanol–water partition coefficient (Wildman–Crippen LogP) is 1.72. The third kappa shape index (κ3) is 12.1. The molecule has 1 aliphatic rings. The zero-order valence-corrected chi connectivity index (χ0v) is 21.7. The van der Waals surface area contributed by atoms with Crippen molar-refractivity contribution < 1.29 is 19.6 Å². The average Bonchev–Trinajstić information content (AvgIpc) is 2.80. The largest absolute Gasteiger partial charge is 0.475 e. The van der Waals surface area contributed by atoms with Crippen LogP contribution in [0.25, 0.3) is 0 Å². The first-order valence-electron chi connectivity index (χ1n) is 13.1. The summed E-state index contributed by atoms with van der Waals surface area (Å²) < 4.78 is 0. The minimum atomic E-state index is -1.66. The van der Waals surface area contributed by atoms with E-state index in [0.717, 1.165) is 25.7 Å². The van der Waals surface area contributed by atoms with Gasteiger partial charge in [0.05, 0.1) is 5.94 Å². The van der Waals surface area contributed by atoms with Crippen LogP contribution in [0.4, 0.5) is 0 Å². The van der Waals surface area contributed by atoms with Crippen molar-refractivity contribution in [2.75, 3.05) is 13.6 Å². The maximum absolute atomic E-state index is 13.0. The first-order chi connectivity index (χ1) is 16.2. The second-order valence-electron chi connectivity index (χ2n) is 10.1. The molecule has 9 nitrogen and oxygen atoms in total. The normalized spacial score (nSPS) is 20.5. The number of aliphatic imine (C=N–C) groups is 1. The molecule has 7 N–H and O–H groups in total. The van der Waals surface area contributed by atoms with Gasteiger partial charge in [-0.15, -0.1) is 0 Å².